The fraction of sp³-hybridized carbons (Fsp3) is 0.600. The second kappa shape index (κ2) is 7.63. The van der Waals surface area contributed by atoms with Gasteiger partial charge in [-0.1, -0.05) is 12.1 Å². The van der Waals surface area contributed by atoms with Gasteiger partial charge in [0, 0.05) is 30.3 Å². The first-order valence-corrected chi connectivity index (χ1v) is 10.1. The molecule has 1 heterocycles. The van der Waals surface area contributed by atoms with Gasteiger partial charge < -0.3 is 5.32 Å². The molecule has 21 heavy (non-hydrogen) atoms. The van der Waals surface area contributed by atoms with Gasteiger partial charge in [-0.3, -0.25) is 0 Å². The number of thioether (sulfide) groups is 1. The molecule has 4 nitrogen and oxygen atoms in total. The molecule has 0 saturated carbocycles. The molecule has 0 bridgehead atoms. The molecule has 1 atom stereocenters. The third-order valence-electron chi connectivity index (χ3n) is 3.72. The SMILES string of the molecule is CNCc1cccc(SCC2CCCN(S(C)(=O)=O)C2)c1. The number of rotatable bonds is 6. The lowest BCUT2D eigenvalue weighted by molar-refractivity contribution is 0.286. The minimum Gasteiger partial charge on any atom is -0.316 e. The van der Waals surface area contributed by atoms with Crippen LogP contribution in [0.2, 0.25) is 0 Å². The number of nitrogens with zero attached hydrogens (tertiary/aromatic N) is 1. The summed E-state index contributed by atoms with van der Waals surface area (Å²) in [6.45, 7) is 2.22. The summed E-state index contributed by atoms with van der Waals surface area (Å²) in [7, 11) is -1.09. The van der Waals surface area contributed by atoms with E-state index in [0.29, 0.717) is 19.0 Å². The van der Waals surface area contributed by atoms with Gasteiger partial charge in [0.1, 0.15) is 0 Å². The van der Waals surface area contributed by atoms with E-state index in [0.717, 1.165) is 25.1 Å². The standard InChI is InChI=1S/C15H24N2O2S2/c1-16-10-13-5-3-7-15(9-13)20-12-14-6-4-8-17(11-14)21(2,18)19/h3,5,7,9,14,16H,4,6,8,10-12H2,1-2H3. The van der Waals surface area contributed by atoms with Gasteiger partial charge in [-0.2, -0.15) is 0 Å². The zero-order valence-electron chi connectivity index (χ0n) is 12.7. The van der Waals surface area contributed by atoms with E-state index in [4.69, 9.17) is 0 Å². The van der Waals surface area contributed by atoms with E-state index in [1.54, 1.807) is 4.31 Å². The molecule has 0 spiro atoms. The lowest BCUT2D eigenvalue weighted by atomic mass is 10.0. The maximum atomic E-state index is 11.6. The molecule has 1 unspecified atom stereocenters. The quantitative estimate of drug-likeness (QED) is 0.813. The Kier molecular flexibility index (Phi) is 6.10. The van der Waals surface area contributed by atoms with Crippen LogP contribution in [-0.2, 0) is 16.6 Å². The average molecular weight is 329 g/mol. The molecule has 1 aromatic rings. The van der Waals surface area contributed by atoms with Crippen molar-refractivity contribution < 1.29 is 8.42 Å². The van der Waals surface area contributed by atoms with Crippen LogP contribution in [0.15, 0.2) is 29.2 Å². The monoisotopic (exact) mass is 328 g/mol. The number of sulfonamides is 1. The van der Waals surface area contributed by atoms with E-state index in [9.17, 15) is 8.42 Å². The van der Waals surface area contributed by atoms with Crippen LogP contribution in [0, 0.1) is 5.92 Å². The van der Waals surface area contributed by atoms with Crippen molar-refractivity contribution in [3.05, 3.63) is 29.8 Å². The van der Waals surface area contributed by atoms with E-state index >= 15 is 0 Å². The predicted molar refractivity (Wildman–Crippen MR) is 89.1 cm³/mol. The molecule has 1 saturated heterocycles. The van der Waals surface area contributed by atoms with Crippen LogP contribution in [0.1, 0.15) is 18.4 Å². The molecule has 1 aliphatic heterocycles. The Bertz CT molecular complexity index is 561. The van der Waals surface area contributed by atoms with Crippen LogP contribution in [0.25, 0.3) is 0 Å². The summed E-state index contributed by atoms with van der Waals surface area (Å²) in [6, 6.07) is 8.53. The first-order chi connectivity index (χ1) is 9.99. The highest BCUT2D eigenvalue weighted by atomic mass is 32.2. The molecule has 0 amide bonds. The number of piperidine rings is 1. The predicted octanol–water partition coefficient (Wildman–Crippen LogP) is 2.17. The Morgan fingerprint density at radius 1 is 1.43 bits per heavy atom. The Labute approximate surface area is 132 Å². The van der Waals surface area contributed by atoms with E-state index in [2.05, 4.69) is 29.6 Å². The number of nitrogens with one attached hydrogen (secondary N) is 1. The topological polar surface area (TPSA) is 49.4 Å². The summed E-state index contributed by atoms with van der Waals surface area (Å²) in [5, 5.41) is 3.16. The maximum Gasteiger partial charge on any atom is 0.211 e. The van der Waals surface area contributed by atoms with Gasteiger partial charge >= 0.3 is 0 Å². The smallest absolute Gasteiger partial charge is 0.211 e. The van der Waals surface area contributed by atoms with E-state index in [1.165, 1.54) is 16.7 Å². The largest absolute Gasteiger partial charge is 0.316 e. The van der Waals surface area contributed by atoms with Crippen molar-refractivity contribution in [2.75, 3.05) is 32.1 Å². The van der Waals surface area contributed by atoms with Gasteiger partial charge in [0.2, 0.25) is 10.0 Å². The van der Waals surface area contributed by atoms with Gasteiger partial charge in [0.05, 0.1) is 6.26 Å². The Balaban J connectivity index is 1.89. The molecule has 1 N–H and O–H groups in total. The summed E-state index contributed by atoms with van der Waals surface area (Å²) in [6.07, 6.45) is 3.40. The molecule has 118 valence electrons. The molecular formula is C15H24N2O2S2. The van der Waals surface area contributed by atoms with Crippen molar-refractivity contribution in [3.8, 4) is 0 Å². The molecule has 2 rings (SSSR count). The number of hydrogen-bond acceptors (Lipinski definition) is 4. The highest BCUT2D eigenvalue weighted by molar-refractivity contribution is 7.99. The summed E-state index contributed by atoms with van der Waals surface area (Å²) in [4.78, 5) is 1.26. The Morgan fingerprint density at radius 3 is 2.95 bits per heavy atom. The normalized spacial score (nSPS) is 20.6. The summed E-state index contributed by atoms with van der Waals surface area (Å²) >= 11 is 1.83. The van der Waals surface area contributed by atoms with Crippen LogP contribution < -0.4 is 5.32 Å². The first-order valence-electron chi connectivity index (χ1n) is 7.30. The summed E-state index contributed by atoms with van der Waals surface area (Å²) < 4.78 is 24.9. The Hall–Kier alpha value is -0.560. The first kappa shape index (κ1) is 16.8. The molecule has 0 aromatic heterocycles. The lowest BCUT2D eigenvalue weighted by Crippen LogP contribution is -2.39. The highest BCUT2D eigenvalue weighted by Crippen LogP contribution is 2.27. The molecule has 1 aliphatic rings. The van der Waals surface area contributed by atoms with Crippen molar-refractivity contribution in [2.45, 2.75) is 24.3 Å². The molecule has 1 fully saturated rings. The second-order valence-electron chi connectivity index (χ2n) is 5.62. The third kappa shape index (κ3) is 5.29. The van der Waals surface area contributed by atoms with Crippen LogP contribution >= 0.6 is 11.8 Å². The van der Waals surface area contributed by atoms with Crippen molar-refractivity contribution in [1.29, 1.82) is 0 Å². The minimum absolute atomic E-state index is 0.450. The highest BCUT2D eigenvalue weighted by Gasteiger charge is 2.25. The van der Waals surface area contributed by atoms with Crippen LogP contribution in [0.4, 0.5) is 0 Å². The van der Waals surface area contributed by atoms with Gasteiger partial charge in [-0.25, -0.2) is 12.7 Å². The van der Waals surface area contributed by atoms with Gasteiger partial charge in [0.25, 0.3) is 0 Å². The number of hydrogen-bond donors (Lipinski definition) is 1. The van der Waals surface area contributed by atoms with Crippen LogP contribution in [0.5, 0.6) is 0 Å². The number of benzene rings is 1. The van der Waals surface area contributed by atoms with Gasteiger partial charge in [-0.05, 0) is 43.5 Å². The molecule has 0 aliphatic carbocycles. The summed E-state index contributed by atoms with van der Waals surface area (Å²) in [5.41, 5.74) is 1.28. The van der Waals surface area contributed by atoms with E-state index in [1.807, 2.05) is 18.8 Å². The van der Waals surface area contributed by atoms with E-state index < -0.39 is 10.0 Å². The van der Waals surface area contributed by atoms with Crippen molar-refractivity contribution >= 4 is 21.8 Å². The molecule has 1 aromatic carbocycles. The van der Waals surface area contributed by atoms with Gasteiger partial charge in [-0.15, -0.1) is 11.8 Å². The molecule has 0 radical (unpaired) electrons. The molecular weight excluding hydrogens is 304 g/mol. The van der Waals surface area contributed by atoms with Crippen molar-refractivity contribution in [1.82, 2.24) is 9.62 Å². The zero-order chi connectivity index (χ0) is 15.3. The second-order valence-corrected chi connectivity index (χ2v) is 8.69. The average Bonchev–Trinajstić information content (AvgIpc) is 2.45. The fourth-order valence-corrected chi connectivity index (χ4v) is 4.68. The minimum atomic E-state index is -3.04. The zero-order valence-corrected chi connectivity index (χ0v) is 14.3. The van der Waals surface area contributed by atoms with Crippen LogP contribution in [-0.4, -0.2) is 44.9 Å². The molecule has 6 heteroatoms. The van der Waals surface area contributed by atoms with Crippen LogP contribution in [0.3, 0.4) is 0 Å². The summed E-state index contributed by atoms with van der Waals surface area (Å²) in [5.74, 6) is 1.43. The Morgan fingerprint density at radius 2 is 2.24 bits per heavy atom. The third-order valence-corrected chi connectivity index (χ3v) is 6.21. The van der Waals surface area contributed by atoms with Crippen molar-refractivity contribution in [2.24, 2.45) is 5.92 Å². The lowest BCUT2D eigenvalue weighted by Gasteiger charge is -2.30. The fourth-order valence-electron chi connectivity index (χ4n) is 2.63. The van der Waals surface area contributed by atoms with Crippen molar-refractivity contribution in [3.63, 3.8) is 0 Å². The van der Waals surface area contributed by atoms with E-state index in [-0.39, 0.29) is 0 Å². The maximum absolute atomic E-state index is 11.6. The van der Waals surface area contributed by atoms with Gasteiger partial charge in [0.15, 0.2) is 0 Å².